The average Bonchev–Trinajstić information content (AvgIpc) is 3.12. The van der Waals surface area contributed by atoms with Crippen molar-refractivity contribution in [3.63, 3.8) is 0 Å². The molecule has 0 aliphatic heterocycles. The molecule has 1 N–H and O–H groups in total. The summed E-state index contributed by atoms with van der Waals surface area (Å²) in [5.41, 5.74) is 0. The summed E-state index contributed by atoms with van der Waals surface area (Å²) in [6, 6.07) is 0. The molecule has 0 saturated carbocycles. The Morgan fingerprint density at radius 3 is 1.06 bits per heavy atom. The standard InChI is InChI=1S/C47H90O4/c1-3-5-7-9-11-13-15-17-18-19-20-21-22-23-24-25-27-29-31-36-40-44-47(50)51-45(42-38-34-32-35-39-43-46(48)49)41-37-33-30-28-26-16-14-12-10-8-6-4-2/h19-20,45H,3-18,21-44H2,1-2H3,(H,48,49)/b20-19-. The highest BCUT2D eigenvalue weighted by atomic mass is 16.5. The second-order valence-corrected chi connectivity index (χ2v) is 15.9. The SMILES string of the molecule is CCCCCCCCCC/C=C\CCCCCCCCCCCC(=O)OC(CCCCCCCCCCCCCC)CCCCCCCC(=O)O. The van der Waals surface area contributed by atoms with Crippen LogP contribution in [0.2, 0.25) is 0 Å². The number of esters is 1. The van der Waals surface area contributed by atoms with Gasteiger partial charge in [0.05, 0.1) is 0 Å². The Hall–Kier alpha value is -1.32. The van der Waals surface area contributed by atoms with Crippen LogP contribution in [0.5, 0.6) is 0 Å². The third kappa shape index (κ3) is 43.0. The molecule has 0 heterocycles. The van der Waals surface area contributed by atoms with E-state index < -0.39 is 5.97 Å². The lowest BCUT2D eigenvalue weighted by molar-refractivity contribution is -0.150. The number of ether oxygens (including phenoxy) is 1. The van der Waals surface area contributed by atoms with E-state index in [0.717, 1.165) is 64.2 Å². The number of hydrogen-bond acceptors (Lipinski definition) is 3. The molecule has 0 bridgehead atoms. The van der Waals surface area contributed by atoms with E-state index in [-0.39, 0.29) is 18.5 Å². The van der Waals surface area contributed by atoms with Gasteiger partial charge >= 0.3 is 11.9 Å². The summed E-state index contributed by atoms with van der Waals surface area (Å²) in [4.78, 5) is 23.5. The summed E-state index contributed by atoms with van der Waals surface area (Å²) < 4.78 is 6.03. The molecule has 0 aliphatic carbocycles. The summed E-state index contributed by atoms with van der Waals surface area (Å²) in [6.45, 7) is 4.57. The molecule has 4 nitrogen and oxygen atoms in total. The fourth-order valence-electron chi connectivity index (χ4n) is 7.30. The van der Waals surface area contributed by atoms with Gasteiger partial charge in [0.2, 0.25) is 0 Å². The average molecular weight is 719 g/mol. The van der Waals surface area contributed by atoms with Gasteiger partial charge in [-0.2, -0.15) is 0 Å². The molecule has 0 fully saturated rings. The first-order chi connectivity index (χ1) is 25.1. The van der Waals surface area contributed by atoms with E-state index in [4.69, 9.17) is 9.84 Å². The van der Waals surface area contributed by atoms with E-state index in [1.807, 2.05) is 0 Å². The van der Waals surface area contributed by atoms with Crippen LogP contribution >= 0.6 is 0 Å². The van der Waals surface area contributed by atoms with Gasteiger partial charge in [0.1, 0.15) is 6.10 Å². The first kappa shape index (κ1) is 49.7. The normalized spacial score (nSPS) is 12.2. The third-order valence-electron chi connectivity index (χ3n) is 10.7. The lowest BCUT2D eigenvalue weighted by atomic mass is 10.0. The van der Waals surface area contributed by atoms with Crippen LogP contribution in [0.1, 0.15) is 271 Å². The van der Waals surface area contributed by atoms with Gasteiger partial charge in [0, 0.05) is 12.8 Å². The lowest BCUT2D eigenvalue weighted by Crippen LogP contribution is -2.18. The van der Waals surface area contributed by atoms with Crippen LogP contribution in [0.4, 0.5) is 0 Å². The fourth-order valence-corrected chi connectivity index (χ4v) is 7.30. The Morgan fingerprint density at radius 1 is 0.412 bits per heavy atom. The van der Waals surface area contributed by atoms with Crippen LogP contribution in [-0.2, 0) is 14.3 Å². The van der Waals surface area contributed by atoms with Crippen molar-refractivity contribution >= 4 is 11.9 Å². The number of unbranched alkanes of at least 4 members (excludes halogenated alkanes) is 32. The van der Waals surface area contributed by atoms with Gasteiger partial charge in [0.25, 0.3) is 0 Å². The maximum absolute atomic E-state index is 12.7. The number of aliphatic carboxylic acids is 1. The highest BCUT2D eigenvalue weighted by molar-refractivity contribution is 5.69. The molecule has 0 radical (unpaired) electrons. The van der Waals surface area contributed by atoms with Crippen molar-refractivity contribution in [2.24, 2.45) is 0 Å². The summed E-state index contributed by atoms with van der Waals surface area (Å²) in [6.07, 6.45) is 53.9. The zero-order valence-electron chi connectivity index (χ0n) is 34.7. The number of rotatable bonds is 43. The van der Waals surface area contributed by atoms with E-state index >= 15 is 0 Å². The molecule has 1 unspecified atom stereocenters. The Labute approximate surface area is 319 Å². The lowest BCUT2D eigenvalue weighted by Gasteiger charge is -2.18. The van der Waals surface area contributed by atoms with Crippen LogP contribution < -0.4 is 0 Å². The van der Waals surface area contributed by atoms with E-state index in [9.17, 15) is 9.59 Å². The molecule has 0 aromatic heterocycles. The molecule has 4 heteroatoms. The number of carbonyl (C=O) groups excluding carboxylic acids is 1. The first-order valence-corrected chi connectivity index (χ1v) is 23.2. The molecule has 0 saturated heterocycles. The van der Waals surface area contributed by atoms with Gasteiger partial charge in [-0.3, -0.25) is 9.59 Å². The van der Waals surface area contributed by atoms with Crippen molar-refractivity contribution in [3.8, 4) is 0 Å². The Balaban J connectivity index is 3.89. The zero-order chi connectivity index (χ0) is 37.1. The van der Waals surface area contributed by atoms with Gasteiger partial charge < -0.3 is 9.84 Å². The third-order valence-corrected chi connectivity index (χ3v) is 10.7. The molecule has 302 valence electrons. The molecule has 0 aliphatic rings. The van der Waals surface area contributed by atoms with Crippen molar-refractivity contribution in [1.82, 2.24) is 0 Å². The minimum atomic E-state index is -0.696. The van der Waals surface area contributed by atoms with E-state index in [2.05, 4.69) is 26.0 Å². The molecule has 51 heavy (non-hydrogen) atoms. The van der Waals surface area contributed by atoms with E-state index in [1.54, 1.807) is 0 Å². The summed E-state index contributed by atoms with van der Waals surface area (Å²) in [5, 5.41) is 8.84. The maximum atomic E-state index is 12.7. The highest BCUT2D eigenvalue weighted by Gasteiger charge is 2.14. The van der Waals surface area contributed by atoms with Crippen molar-refractivity contribution in [1.29, 1.82) is 0 Å². The summed E-state index contributed by atoms with van der Waals surface area (Å²) >= 11 is 0. The molecule has 0 rings (SSSR count). The van der Waals surface area contributed by atoms with Crippen LogP contribution in [0.3, 0.4) is 0 Å². The maximum Gasteiger partial charge on any atom is 0.306 e. The van der Waals surface area contributed by atoms with Crippen molar-refractivity contribution in [2.45, 2.75) is 277 Å². The quantitative estimate of drug-likeness (QED) is 0.0387. The van der Waals surface area contributed by atoms with E-state index in [1.165, 1.54) is 180 Å². The van der Waals surface area contributed by atoms with E-state index in [0.29, 0.717) is 6.42 Å². The molecule has 0 aromatic carbocycles. The Morgan fingerprint density at radius 2 is 0.706 bits per heavy atom. The second kappa shape index (κ2) is 43.1. The molecule has 0 aromatic rings. The molecular weight excluding hydrogens is 629 g/mol. The number of allylic oxidation sites excluding steroid dienone is 2. The monoisotopic (exact) mass is 719 g/mol. The van der Waals surface area contributed by atoms with Crippen LogP contribution in [-0.4, -0.2) is 23.1 Å². The van der Waals surface area contributed by atoms with Crippen molar-refractivity contribution in [2.75, 3.05) is 0 Å². The molecule has 1 atom stereocenters. The predicted octanol–water partition coefficient (Wildman–Crippen LogP) is 16.2. The highest BCUT2D eigenvalue weighted by Crippen LogP contribution is 2.19. The van der Waals surface area contributed by atoms with Gasteiger partial charge in [-0.15, -0.1) is 0 Å². The fraction of sp³-hybridized carbons (Fsp3) is 0.915. The van der Waals surface area contributed by atoms with Crippen LogP contribution in [0.25, 0.3) is 0 Å². The minimum Gasteiger partial charge on any atom is -0.481 e. The number of hydrogen-bond donors (Lipinski definition) is 1. The smallest absolute Gasteiger partial charge is 0.306 e. The van der Waals surface area contributed by atoms with Gasteiger partial charge in [0.15, 0.2) is 0 Å². The summed E-state index contributed by atoms with van der Waals surface area (Å²) in [7, 11) is 0. The van der Waals surface area contributed by atoms with Crippen molar-refractivity contribution < 1.29 is 19.4 Å². The molecule has 0 spiro atoms. The zero-order valence-corrected chi connectivity index (χ0v) is 34.7. The predicted molar refractivity (Wildman–Crippen MR) is 223 cm³/mol. The van der Waals surface area contributed by atoms with Crippen LogP contribution in [0.15, 0.2) is 12.2 Å². The van der Waals surface area contributed by atoms with Gasteiger partial charge in [-0.25, -0.2) is 0 Å². The summed E-state index contributed by atoms with van der Waals surface area (Å²) in [5.74, 6) is -0.690. The second-order valence-electron chi connectivity index (χ2n) is 15.9. The number of carboxylic acid groups (broad SMARTS) is 1. The topological polar surface area (TPSA) is 63.6 Å². The first-order valence-electron chi connectivity index (χ1n) is 23.2. The number of carbonyl (C=O) groups is 2. The number of carboxylic acids is 1. The Kier molecular flexibility index (Phi) is 42.0. The molecular formula is C47H90O4. The molecule has 0 amide bonds. The van der Waals surface area contributed by atoms with Gasteiger partial charge in [-0.1, -0.05) is 206 Å². The largest absolute Gasteiger partial charge is 0.481 e. The van der Waals surface area contributed by atoms with Crippen molar-refractivity contribution in [3.05, 3.63) is 12.2 Å². The minimum absolute atomic E-state index is 0.00671. The van der Waals surface area contributed by atoms with Gasteiger partial charge in [-0.05, 0) is 64.2 Å². The van der Waals surface area contributed by atoms with Crippen LogP contribution in [0, 0.1) is 0 Å². The Bertz CT molecular complexity index is 732.